The molecule has 0 amide bonds. The molecule has 0 unspecified atom stereocenters. The Morgan fingerprint density at radius 2 is 1.65 bits per heavy atom. The minimum Gasteiger partial charge on any atom is -0.214 e. The van der Waals surface area contributed by atoms with Crippen molar-refractivity contribution >= 4 is 31.6 Å². The van der Waals surface area contributed by atoms with Crippen LogP contribution in [0, 0.1) is 0 Å². The maximum Gasteiger partial charge on any atom is 0.214 e. The molecule has 0 rings (SSSR count). The Bertz CT molecular complexity index is 405. The Labute approximate surface area is 108 Å². The van der Waals surface area contributed by atoms with Crippen molar-refractivity contribution in [2.24, 2.45) is 0 Å². The van der Waals surface area contributed by atoms with E-state index in [1.54, 1.807) is 0 Å². The minimum absolute atomic E-state index is 0.0261. The molecule has 104 valence electrons. The smallest absolute Gasteiger partial charge is 0.214 e. The fraction of sp³-hybridized carbons (Fsp3) is 1.00. The number of nitrogens with one attached hydrogen (secondary N) is 1. The van der Waals surface area contributed by atoms with Crippen molar-refractivity contribution in [1.82, 2.24) is 9.03 Å². The first-order valence-corrected chi connectivity index (χ1v) is 8.94. The van der Waals surface area contributed by atoms with Gasteiger partial charge in [0.25, 0.3) is 0 Å². The highest BCUT2D eigenvalue weighted by Gasteiger charge is 2.15. The molecule has 17 heavy (non-hydrogen) atoms. The molecular weight excluding hydrogens is 288 g/mol. The molecule has 6 nitrogen and oxygen atoms in total. The summed E-state index contributed by atoms with van der Waals surface area (Å²) in [6.45, 7) is -0.107. The van der Waals surface area contributed by atoms with Crippen LogP contribution in [0.3, 0.4) is 0 Å². The molecule has 0 aromatic carbocycles. The third-order valence-corrected chi connectivity index (χ3v) is 5.61. The fourth-order valence-corrected chi connectivity index (χ4v) is 3.15. The zero-order valence-corrected chi connectivity index (χ0v) is 12.4. The van der Waals surface area contributed by atoms with Gasteiger partial charge >= 0.3 is 0 Å². The number of hydrogen-bond acceptors (Lipinski definition) is 4. The van der Waals surface area contributed by atoms with E-state index in [0.29, 0.717) is 18.7 Å². The second kappa shape index (κ2) is 7.52. The summed E-state index contributed by atoms with van der Waals surface area (Å²) in [7, 11) is -3.94. The Morgan fingerprint density at radius 3 is 2.12 bits per heavy atom. The third-order valence-electron chi connectivity index (χ3n) is 2.04. The molecule has 0 fully saturated rings. The minimum atomic E-state index is -3.39. The highest BCUT2D eigenvalue weighted by molar-refractivity contribution is 7.90. The maximum atomic E-state index is 11.4. The summed E-state index contributed by atoms with van der Waals surface area (Å²) >= 11 is 5.43. The molecule has 0 aliphatic carbocycles. The molecule has 0 bridgehead atoms. The van der Waals surface area contributed by atoms with Crippen LogP contribution in [-0.4, -0.2) is 59.2 Å². The van der Waals surface area contributed by atoms with Gasteiger partial charge in [-0.3, -0.25) is 0 Å². The first-order valence-electron chi connectivity index (χ1n) is 5.15. The Hall–Kier alpha value is 0.110. The van der Waals surface area contributed by atoms with Gasteiger partial charge in [-0.1, -0.05) is 0 Å². The molecule has 0 aromatic heterocycles. The predicted octanol–water partition coefficient (Wildman–Crippen LogP) is -0.184. The first kappa shape index (κ1) is 17.1. The van der Waals surface area contributed by atoms with Crippen LogP contribution in [0.1, 0.15) is 12.8 Å². The molecule has 9 heteroatoms. The quantitative estimate of drug-likeness (QED) is 0.473. The summed E-state index contributed by atoms with van der Waals surface area (Å²) in [4.78, 5) is 0. The summed E-state index contributed by atoms with van der Waals surface area (Å²) in [5.74, 6) is 0.154. The van der Waals surface area contributed by atoms with Crippen molar-refractivity contribution < 1.29 is 16.8 Å². The van der Waals surface area contributed by atoms with E-state index < -0.39 is 20.0 Å². The van der Waals surface area contributed by atoms with E-state index in [1.165, 1.54) is 14.1 Å². The molecular formula is C8H19ClN2O4S2. The van der Waals surface area contributed by atoms with Crippen LogP contribution in [0.25, 0.3) is 0 Å². The number of unbranched alkanes of at least 4 members (excludes halogenated alkanes) is 1. The SMILES string of the molecule is CN(C)S(=O)(=O)CCNS(=O)(=O)CCCCCl. The molecule has 0 aliphatic rings. The first-order chi connectivity index (χ1) is 7.71. The fourth-order valence-electron chi connectivity index (χ4n) is 0.967. The second-order valence-corrected chi connectivity index (χ2v) is 8.31. The molecule has 1 N–H and O–H groups in total. The second-order valence-electron chi connectivity index (χ2n) is 3.71. The largest absolute Gasteiger partial charge is 0.214 e. The van der Waals surface area contributed by atoms with Crippen LogP contribution >= 0.6 is 11.6 Å². The van der Waals surface area contributed by atoms with E-state index in [0.717, 1.165) is 4.31 Å². The molecule has 0 spiro atoms. The van der Waals surface area contributed by atoms with Crippen molar-refractivity contribution in [1.29, 1.82) is 0 Å². The highest BCUT2D eigenvalue weighted by Crippen LogP contribution is 1.97. The number of alkyl halides is 1. The highest BCUT2D eigenvalue weighted by atomic mass is 35.5. The summed E-state index contributed by atoms with van der Waals surface area (Å²) in [5, 5.41) is 0. The van der Waals surface area contributed by atoms with Gasteiger partial charge in [-0.05, 0) is 12.8 Å². The standard InChI is InChI=1S/C8H19ClN2O4S2/c1-11(2)17(14,15)8-6-10-16(12,13)7-4-3-5-9/h10H,3-8H2,1-2H3. The zero-order chi connectivity index (χ0) is 13.5. The lowest BCUT2D eigenvalue weighted by Crippen LogP contribution is -2.34. The zero-order valence-electron chi connectivity index (χ0n) is 10.0. The van der Waals surface area contributed by atoms with Gasteiger partial charge in [-0.15, -0.1) is 11.6 Å². The van der Waals surface area contributed by atoms with Gasteiger partial charge in [0, 0.05) is 26.5 Å². The van der Waals surface area contributed by atoms with Crippen LogP contribution < -0.4 is 4.72 Å². The third kappa shape index (κ3) is 7.93. The summed E-state index contributed by atoms with van der Waals surface area (Å²) in [6, 6.07) is 0. The van der Waals surface area contributed by atoms with E-state index in [4.69, 9.17) is 11.6 Å². The molecule has 0 saturated carbocycles. The Morgan fingerprint density at radius 1 is 1.06 bits per heavy atom. The van der Waals surface area contributed by atoms with Crippen molar-refractivity contribution in [2.45, 2.75) is 12.8 Å². The van der Waals surface area contributed by atoms with Crippen molar-refractivity contribution in [2.75, 3.05) is 38.0 Å². The van der Waals surface area contributed by atoms with Crippen molar-refractivity contribution in [3.63, 3.8) is 0 Å². The van der Waals surface area contributed by atoms with Gasteiger partial charge in [0.2, 0.25) is 20.0 Å². The number of nitrogens with zero attached hydrogens (tertiary/aromatic N) is 1. The van der Waals surface area contributed by atoms with Gasteiger partial charge in [0.05, 0.1) is 11.5 Å². The molecule has 0 aliphatic heterocycles. The monoisotopic (exact) mass is 306 g/mol. The van der Waals surface area contributed by atoms with E-state index in [9.17, 15) is 16.8 Å². The number of hydrogen-bond donors (Lipinski definition) is 1. The lowest BCUT2D eigenvalue weighted by molar-refractivity contribution is 0.519. The average molecular weight is 307 g/mol. The average Bonchev–Trinajstić information content (AvgIpc) is 2.16. The summed E-state index contributed by atoms with van der Waals surface area (Å²) < 4.78 is 48.8. The molecule has 0 radical (unpaired) electrons. The summed E-state index contributed by atoms with van der Waals surface area (Å²) in [5.41, 5.74) is 0. The van der Waals surface area contributed by atoms with Crippen LogP contribution in [0.2, 0.25) is 0 Å². The van der Waals surface area contributed by atoms with Gasteiger partial charge in [0.15, 0.2) is 0 Å². The van der Waals surface area contributed by atoms with Crippen LogP contribution in [0.4, 0.5) is 0 Å². The van der Waals surface area contributed by atoms with Crippen LogP contribution in [-0.2, 0) is 20.0 Å². The van der Waals surface area contributed by atoms with Crippen molar-refractivity contribution in [3.8, 4) is 0 Å². The Balaban J connectivity index is 4.04. The summed E-state index contributed by atoms with van der Waals surface area (Å²) in [6.07, 6.45) is 1.09. The lowest BCUT2D eigenvalue weighted by atomic mass is 10.4. The number of sulfonamides is 2. The van der Waals surface area contributed by atoms with Crippen molar-refractivity contribution in [3.05, 3.63) is 0 Å². The molecule has 0 heterocycles. The lowest BCUT2D eigenvalue weighted by Gasteiger charge is -2.11. The topological polar surface area (TPSA) is 83.6 Å². The van der Waals surface area contributed by atoms with E-state index in [1.807, 2.05) is 0 Å². The van der Waals surface area contributed by atoms with Gasteiger partial charge in [-0.25, -0.2) is 25.9 Å². The molecule has 0 saturated heterocycles. The van der Waals surface area contributed by atoms with Gasteiger partial charge in [0.1, 0.15) is 0 Å². The molecule has 0 aromatic rings. The van der Waals surface area contributed by atoms with E-state index in [-0.39, 0.29) is 18.1 Å². The van der Waals surface area contributed by atoms with E-state index in [2.05, 4.69) is 4.72 Å². The normalized spacial score (nSPS) is 13.2. The van der Waals surface area contributed by atoms with Crippen LogP contribution in [0.15, 0.2) is 0 Å². The number of rotatable bonds is 9. The maximum absolute atomic E-state index is 11.4. The van der Waals surface area contributed by atoms with Gasteiger partial charge in [-0.2, -0.15) is 0 Å². The predicted molar refractivity (Wildman–Crippen MR) is 69.2 cm³/mol. The Kier molecular flexibility index (Phi) is 7.57. The molecule has 0 atom stereocenters. The van der Waals surface area contributed by atoms with Gasteiger partial charge < -0.3 is 0 Å². The van der Waals surface area contributed by atoms with E-state index >= 15 is 0 Å². The number of halogens is 1. The van der Waals surface area contributed by atoms with Crippen LogP contribution in [0.5, 0.6) is 0 Å².